The van der Waals surface area contributed by atoms with Gasteiger partial charge in [-0.05, 0) is 13.0 Å². The van der Waals surface area contributed by atoms with E-state index in [0.717, 1.165) is 22.8 Å². The Morgan fingerprint density at radius 2 is 1.94 bits per heavy atom. The summed E-state index contributed by atoms with van der Waals surface area (Å²) in [5.74, 6) is 1.43. The molecule has 18 heavy (non-hydrogen) atoms. The van der Waals surface area contributed by atoms with Gasteiger partial charge >= 0.3 is 0 Å². The van der Waals surface area contributed by atoms with Crippen molar-refractivity contribution >= 4 is 0 Å². The van der Waals surface area contributed by atoms with Gasteiger partial charge in [0.1, 0.15) is 5.69 Å². The topological polar surface area (TPSA) is 59.4 Å². The van der Waals surface area contributed by atoms with E-state index in [-0.39, 0.29) is 0 Å². The van der Waals surface area contributed by atoms with Crippen LogP contribution in [-0.2, 0) is 7.05 Å². The van der Waals surface area contributed by atoms with Gasteiger partial charge in [0.05, 0.1) is 5.69 Å². The minimum Gasteiger partial charge on any atom is -0.264 e. The summed E-state index contributed by atoms with van der Waals surface area (Å²) >= 11 is 0. The second-order valence-electron chi connectivity index (χ2n) is 4.17. The monoisotopic (exact) mass is 239 g/mol. The first kappa shape index (κ1) is 10.7. The first-order valence-electron chi connectivity index (χ1n) is 5.73. The summed E-state index contributed by atoms with van der Waals surface area (Å²) in [5, 5.41) is 11.5. The number of aromatic amines is 1. The highest BCUT2D eigenvalue weighted by molar-refractivity contribution is 5.59. The zero-order chi connectivity index (χ0) is 12.5. The van der Waals surface area contributed by atoms with Crippen molar-refractivity contribution < 1.29 is 0 Å². The molecule has 5 nitrogen and oxygen atoms in total. The summed E-state index contributed by atoms with van der Waals surface area (Å²) in [6.07, 6.45) is 0. The maximum atomic E-state index is 4.50. The number of aryl methyl sites for hydroxylation is 2. The van der Waals surface area contributed by atoms with Gasteiger partial charge in [0.2, 0.25) is 0 Å². The number of nitrogens with zero attached hydrogens (tertiary/aromatic N) is 4. The van der Waals surface area contributed by atoms with Gasteiger partial charge in [-0.25, -0.2) is 4.98 Å². The van der Waals surface area contributed by atoms with E-state index in [0.29, 0.717) is 5.82 Å². The molecule has 0 fully saturated rings. The molecule has 3 rings (SSSR count). The minimum absolute atomic E-state index is 0.699. The van der Waals surface area contributed by atoms with E-state index in [1.54, 1.807) is 4.68 Å². The van der Waals surface area contributed by atoms with E-state index in [4.69, 9.17) is 0 Å². The average molecular weight is 239 g/mol. The Morgan fingerprint density at radius 3 is 2.61 bits per heavy atom. The van der Waals surface area contributed by atoms with Crippen LogP contribution >= 0.6 is 0 Å². The summed E-state index contributed by atoms with van der Waals surface area (Å²) in [7, 11) is 1.90. The number of nitrogens with one attached hydrogen (secondary N) is 1. The van der Waals surface area contributed by atoms with Crippen molar-refractivity contribution in [3.05, 3.63) is 42.1 Å². The smallest absolute Gasteiger partial charge is 0.181 e. The fourth-order valence-electron chi connectivity index (χ4n) is 1.92. The molecule has 0 amide bonds. The first-order chi connectivity index (χ1) is 8.74. The van der Waals surface area contributed by atoms with Gasteiger partial charge in [0, 0.05) is 12.6 Å². The van der Waals surface area contributed by atoms with Crippen molar-refractivity contribution in [2.45, 2.75) is 6.92 Å². The van der Waals surface area contributed by atoms with E-state index >= 15 is 0 Å². The Kier molecular flexibility index (Phi) is 2.44. The molecule has 0 aliphatic carbocycles. The van der Waals surface area contributed by atoms with Crippen LogP contribution in [0.5, 0.6) is 0 Å². The fraction of sp³-hybridized carbons (Fsp3) is 0.154. The quantitative estimate of drug-likeness (QED) is 0.745. The predicted molar refractivity (Wildman–Crippen MR) is 68.8 cm³/mol. The van der Waals surface area contributed by atoms with Gasteiger partial charge < -0.3 is 0 Å². The Labute approximate surface area is 104 Å². The van der Waals surface area contributed by atoms with Crippen molar-refractivity contribution in [2.75, 3.05) is 0 Å². The summed E-state index contributed by atoms with van der Waals surface area (Å²) in [6, 6.07) is 11.9. The molecule has 2 aromatic heterocycles. The number of hydrogen-bond acceptors (Lipinski definition) is 3. The molecule has 90 valence electrons. The molecule has 1 aromatic carbocycles. The molecule has 1 N–H and O–H groups in total. The summed E-state index contributed by atoms with van der Waals surface area (Å²) in [5.41, 5.74) is 2.89. The molecule has 0 aliphatic rings. The second-order valence-corrected chi connectivity index (χ2v) is 4.17. The molecule has 2 heterocycles. The molecule has 5 heteroatoms. The van der Waals surface area contributed by atoms with Crippen LogP contribution in [0.3, 0.4) is 0 Å². The third kappa shape index (κ3) is 1.79. The SMILES string of the molecule is Cc1cc(-c2nc(-c3ccccc3)n[nH]2)n(C)n1. The van der Waals surface area contributed by atoms with E-state index in [1.807, 2.05) is 50.4 Å². The van der Waals surface area contributed by atoms with Crippen LogP contribution in [-0.4, -0.2) is 25.0 Å². The Hall–Kier alpha value is -2.43. The minimum atomic E-state index is 0.699. The third-order valence-electron chi connectivity index (χ3n) is 2.76. The van der Waals surface area contributed by atoms with Crippen LogP contribution in [0.1, 0.15) is 5.69 Å². The Morgan fingerprint density at radius 1 is 1.17 bits per heavy atom. The van der Waals surface area contributed by atoms with Crippen molar-refractivity contribution in [3.63, 3.8) is 0 Å². The van der Waals surface area contributed by atoms with Crippen molar-refractivity contribution in [3.8, 4) is 22.9 Å². The maximum absolute atomic E-state index is 4.50. The number of hydrogen-bond donors (Lipinski definition) is 1. The van der Waals surface area contributed by atoms with Crippen molar-refractivity contribution in [1.29, 1.82) is 0 Å². The lowest BCUT2D eigenvalue weighted by molar-refractivity contribution is 0.759. The predicted octanol–water partition coefficient (Wildman–Crippen LogP) is 2.18. The Balaban J connectivity index is 2.02. The molecule has 0 saturated carbocycles. The lowest BCUT2D eigenvalue weighted by atomic mass is 10.2. The zero-order valence-electron chi connectivity index (χ0n) is 10.3. The van der Waals surface area contributed by atoms with Crippen LogP contribution < -0.4 is 0 Å². The van der Waals surface area contributed by atoms with E-state index in [1.165, 1.54) is 0 Å². The standard InChI is InChI=1S/C13H13N5/c1-9-8-11(18(2)17-9)13-14-12(15-16-13)10-6-4-3-5-7-10/h3-8H,1-2H3,(H,14,15,16). The van der Waals surface area contributed by atoms with Crippen LogP contribution in [0.25, 0.3) is 22.9 Å². The summed E-state index contributed by atoms with van der Waals surface area (Å²) in [4.78, 5) is 4.50. The van der Waals surface area contributed by atoms with E-state index < -0.39 is 0 Å². The van der Waals surface area contributed by atoms with Crippen molar-refractivity contribution in [1.82, 2.24) is 25.0 Å². The highest BCUT2D eigenvalue weighted by Gasteiger charge is 2.11. The lowest BCUT2D eigenvalue weighted by Gasteiger charge is -1.95. The van der Waals surface area contributed by atoms with Gasteiger partial charge in [0.15, 0.2) is 11.6 Å². The van der Waals surface area contributed by atoms with Crippen LogP contribution in [0.2, 0.25) is 0 Å². The average Bonchev–Trinajstić information content (AvgIpc) is 2.97. The number of H-pyrrole nitrogens is 1. The van der Waals surface area contributed by atoms with Crippen LogP contribution in [0.4, 0.5) is 0 Å². The largest absolute Gasteiger partial charge is 0.264 e. The third-order valence-corrected chi connectivity index (χ3v) is 2.76. The van der Waals surface area contributed by atoms with E-state index in [2.05, 4.69) is 20.3 Å². The molecule has 0 bridgehead atoms. The van der Waals surface area contributed by atoms with Gasteiger partial charge in [-0.3, -0.25) is 9.78 Å². The number of benzene rings is 1. The zero-order valence-corrected chi connectivity index (χ0v) is 10.3. The fourth-order valence-corrected chi connectivity index (χ4v) is 1.92. The van der Waals surface area contributed by atoms with Gasteiger partial charge in [-0.2, -0.15) is 10.2 Å². The van der Waals surface area contributed by atoms with Crippen molar-refractivity contribution in [2.24, 2.45) is 7.05 Å². The van der Waals surface area contributed by atoms with Crippen LogP contribution in [0.15, 0.2) is 36.4 Å². The summed E-state index contributed by atoms with van der Waals surface area (Å²) < 4.78 is 1.80. The highest BCUT2D eigenvalue weighted by Crippen LogP contribution is 2.19. The number of rotatable bonds is 2. The molecule has 3 aromatic rings. The highest BCUT2D eigenvalue weighted by atomic mass is 15.3. The second kappa shape index (κ2) is 4.10. The lowest BCUT2D eigenvalue weighted by Crippen LogP contribution is -1.94. The molecule has 0 atom stereocenters. The van der Waals surface area contributed by atoms with Gasteiger partial charge in [0.25, 0.3) is 0 Å². The molecule has 0 unspecified atom stereocenters. The Bertz CT molecular complexity index is 666. The molecule has 0 saturated heterocycles. The molecular formula is C13H13N5. The maximum Gasteiger partial charge on any atom is 0.181 e. The molecule has 0 spiro atoms. The number of aromatic nitrogens is 5. The molecule has 0 radical (unpaired) electrons. The van der Waals surface area contributed by atoms with Gasteiger partial charge in [-0.1, -0.05) is 30.3 Å². The normalized spacial score (nSPS) is 10.8. The van der Waals surface area contributed by atoms with Gasteiger partial charge in [-0.15, -0.1) is 0 Å². The molecule has 0 aliphatic heterocycles. The first-order valence-corrected chi connectivity index (χ1v) is 5.73. The summed E-state index contributed by atoms with van der Waals surface area (Å²) in [6.45, 7) is 1.96. The molecular weight excluding hydrogens is 226 g/mol. The van der Waals surface area contributed by atoms with E-state index in [9.17, 15) is 0 Å². The van der Waals surface area contributed by atoms with Crippen LogP contribution in [0, 0.1) is 6.92 Å².